The van der Waals surface area contributed by atoms with Crippen LogP contribution in [0.25, 0.3) is 0 Å². The molecule has 0 bridgehead atoms. The van der Waals surface area contributed by atoms with Gasteiger partial charge in [0.2, 0.25) is 5.91 Å². The first kappa shape index (κ1) is 19.5. The second-order valence-corrected chi connectivity index (χ2v) is 5.80. The first-order chi connectivity index (χ1) is 12.1. The Hall–Kier alpha value is -2.78. The maximum absolute atomic E-state index is 12.7. The first-order valence-electron chi connectivity index (χ1n) is 7.81. The van der Waals surface area contributed by atoms with E-state index in [9.17, 15) is 22.8 Å². The van der Waals surface area contributed by atoms with Gasteiger partial charge in [0.15, 0.2) is 0 Å². The van der Waals surface area contributed by atoms with Gasteiger partial charge in [-0.15, -0.1) is 0 Å². The molecule has 0 aromatic carbocycles. The summed E-state index contributed by atoms with van der Waals surface area (Å²) in [5.74, 6) is 0.00493. The Balaban J connectivity index is 1.97. The zero-order chi connectivity index (χ0) is 19.5. The van der Waals surface area contributed by atoms with Gasteiger partial charge in [-0.25, -0.2) is 15.0 Å². The number of aromatic nitrogens is 4. The first-order valence-corrected chi connectivity index (χ1v) is 7.81. The van der Waals surface area contributed by atoms with Crippen molar-refractivity contribution in [3.8, 4) is 0 Å². The minimum Gasteiger partial charge on any atom is -0.355 e. The van der Waals surface area contributed by atoms with Crippen molar-refractivity contribution < 1.29 is 18.0 Å². The molecule has 0 spiro atoms. The quantitative estimate of drug-likeness (QED) is 0.830. The molecule has 0 aliphatic carbocycles. The second kappa shape index (κ2) is 7.63. The number of alkyl halides is 3. The van der Waals surface area contributed by atoms with E-state index in [1.54, 1.807) is 13.8 Å². The van der Waals surface area contributed by atoms with Crippen LogP contribution in [-0.4, -0.2) is 32.4 Å². The van der Waals surface area contributed by atoms with E-state index in [-0.39, 0.29) is 42.0 Å². The van der Waals surface area contributed by atoms with Crippen molar-refractivity contribution in [3.05, 3.63) is 50.7 Å². The zero-order valence-electron chi connectivity index (χ0n) is 14.5. The molecule has 0 fully saturated rings. The number of aryl methyl sites for hydroxylation is 3. The molecule has 0 aliphatic rings. The SMILES string of the molecule is Cc1cc(C(F)(F)F)nc(CCNC(=O)Cc2c(C)nc(C)[nH]c2=O)n1. The number of carbonyl (C=O) groups is 1. The summed E-state index contributed by atoms with van der Waals surface area (Å²) in [4.78, 5) is 37.9. The Morgan fingerprint density at radius 3 is 2.50 bits per heavy atom. The van der Waals surface area contributed by atoms with Crippen LogP contribution in [0.1, 0.15) is 34.3 Å². The van der Waals surface area contributed by atoms with Crippen molar-refractivity contribution in [2.45, 2.75) is 39.8 Å². The Kier molecular flexibility index (Phi) is 5.73. The number of carbonyl (C=O) groups excluding carboxylic acids is 1. The predicted octanol–water partition coefficient (Wildman–Crippen LogP) is 1.41. The highest BCUT2D eigenvalue weighted by Gasteiger charge is 2.33. The monoisotopic (exact) mass is 369 g/mol. The number of amides is 1. The van der Waals surface area contributed by atoms with Gasteiger partial charge >= 0.3 is 6.18 Å². The number of hydrogen-bond acceptors (Lipinski definition) is 5. The highest BCUT2D eigenvalue weighted by molar-refractivity contribution is 5.78. The summed E-state index contributed by atoms with van der Waals surface area (Å²) in [6.45, 7) is 4.76. The third-order valence-corrected chi connectivity index (χ3v) is 3.54. The fourth-order valence-corrected chi connectivity index (χ4v) is 2.38. The van der Waals surface area contributed by atoms with Crippen LogP contribution in [0.15, 0.2) is 10.9 Å². The molecule has 0 radical (unpaired) electrons. The van der Waals surface area contributed by atoms with Gasteiger partial charge in [0.1, 0.15) is 17.3 Å². The lowest BCUT2D eigenvalue weighted by Crippen LogP contribution is -2.31. The minimum absolute atomic E-state index is 0.0105. The van der Waals surface area contributed by atoms with E-state index in [1.807, 2.05) is 0 Å². The van der Waals surface area contributed by atoms with Crippen LogP contribution < -0.4 is 10.9 Å². The zero-order valence-corrected chi connectivity index (χ0v) is 14.5. The van der Waals surface area contributed by atoms with Crippen molar-refractivity contribution in [2.24, 2.45) is 0 Å². The molecule has 2 aromatic heterocycles. The number of nitrogens with one attached hydrogen (secondary N) is 2. The third kappa shape index (κ3) is 5.11. The van der Waals surface area contributed by atoms with Crippen molar-refractivity contribution in [2.75, 3.05) is 6.54 Å². The average Bonchev–Trinajstić information content (AvgIpc) is 2.49. The van der Waals surface area contributed by atoms with Crippen LogP contribution in [0.5, 0.6) is 0 Å². The topological polar surface area (TPSA) is 101 Å². The molecule has 1 amide bonds. The van der Waals surface area contributed by atoms with Crippen molar-refractivity contribution in [1.82, 2.24) is 25.3 Å². The molecule has 2 aromatic rings. The summed E-state index contributed by atoms with van der Waals surface area (Å²) < 4.78 is 38.2. The summed E-state index contributed by atoms with van der Waals surface area (Å²) in [6, 6.07) is 0.863. The second-order valence-electron chi connectivity index (χ2n) is 5.80. The Bertz CT molecular complexity index is 877. The summed E-state index contributed by atoms with van der Waals surface area (Å²) in [5.41, 5.74) is -0.500. The van der Waals surface area contributed by atoms with Crippen LogP contribution in [0, 0.1) is 20.8 Å². The molecule has 2 rings (SSSR count). The molecule has 2 N–H and O–H groups in total. The number of halogens is 3. The van der Waals surface area contributed by atoms with Gasteiger partial charge in [0.05, 0.1) is 6.42 Å². The summed E-state index contributed by atoms with van der Waals surface area (Å²) in [7, 11) is 0. The fourth-order valence-electron chi connectivity index (χ4n) is 2.38. The predicted molar refractivity (Wildman–Crippen MR) is 86.5 cm³/mol. The average molecular weight is 369 g/mol. The molecule has 7 nitrogen and oxygen atoms in total. The van der Waals surface area contributed by atoms with Gasteiger partial charge in [-0.05, 0) is 26.8 Å². The molecule has 10 heteroatoms. The lowest BCUT2D eigenvalue weighted by Gasteiger charge is -2.10. The van der Waals surface area contributed by atoms with E-state index in [0.29, 0.717) is 11.5 Å². The van der Waals surface area contributed by atoms with E-state index in [0.717, 1.165) is 6.07 Å². The Labute approximate surface area is 147 Å². The molecule has 0 aliphatic heterocycles. The summed E-state index contributed by atoms with van der Waals surface area (Å²) in [6.07, 6.45) is -4.68. The molecule has 2 heterocycles. The summed E-state index contributed by atoms with van der Waals surface area (Å²) in [5, 5.41) is 2.55. The highest BCUT2D eigenvalue weighted by Crippen LogP contribution is 2.27. The minimum atomic E-state index is -4.55. The number of aromatic amines is 1. The number of hydrogen-bond donors (Lipinski definition) is 2. The molecule has 0 saturated heterocycles. The molecule has 0 unspecified atom stereocenters. The van der Waals surface area contributed by atoms with Crippen molar-refractivity contribution >= 4 is 5.91 Å². The summed E-state index contributed by atoms with van der Waals surface area (Å²) >= 11 is 0. The molecule has 140 valence electrons. The van der Waals surface area contributed by atoms with Crippen LogP contribution in [0.4, 0.5) is 13.2 Å². The Morgan fingerprint density at radius 2 is 1.88 bits per heavy atom. The fraction of sp³-hybridized carbons (Fsp3) is 0.438. The molecule has 0 saturated carbocycles. The van der Waals surface area contributed by atoms with Gasteiger partial charge in [0, 0.05) is 29.9 Å². The van der Waals surface area contributed by atoms with E-state index < -0.39 is 17.8 Å². The van der Waals surface area contributed by atoms with Gasteiger partial charge in [-0.3, -0.25) is 9.59 Å². The van der Waals surface area contributed by atoms with Crippen LogP contribution in [0.2, 0.25) is 0 Å². The number of rotatable bonds is 5. The van der Waals surface area contributed by atoms with Crippen LogP contribution in [-0.2, 0) is 23.8 Å². The number of H-pyrrole nitrogens is 1. The smallest absolute Gasteiger partial charge is 0.355 e. The molecule has 0 atom stereocenters. The largest absolute Gasteiger partial charge is 0.433 e. The van der Waals surface area contributed by atoms with E-state index in [1.165, 1.54) is 6.92 Å². The van der Waals surface area contributed by atoms with E-state index in [2.05, 4.69) is 25.3 Å². The van der Waals surface area contributed by atoms with Gasteiger partial charge in [-0.1, -0.05) is 0 Å². The number of nitrogens with zero attached hydrogens (tertiary/aromatic N) is 3. The standard InChI is InChI=1S/C16H18F3N5O2/c1-8-6-12(16(17,18)19)24-13(21-8)4-5-20-14(25)7-11-9(2)22-10(3)23-15(11)26/h6H,4-5,7H2,1-3H3,(H,20,25)(H,22,23,26). The lowest BCUT2D eigenvalue weighted by atomic mass is 10.1. The molecule has 26 heavy (non-hydrogen) atoms. The maximum atomic E-state index is 12.7. The van der Waals surface area contributed by atoms with E-state index >= 15 is 0 Å². The molecular formula is C16H18F3N5O2. The van der Waals surface area contributed by atoms with Crippen LogP contribution in [0.3, 0.4) is 0 Å². The van der Waals surface area contributed by atoms with Gasteiger partial charge in [0.25, 0.3) is 5.56 Å². The van der Waals surface area contributed by atoms with Crippen molar-refractivity contribution in [1.29, 1.82) is 0 Å². The van der Waals surface area contributed by atoms with Gasteiger partial charge in [-0.2, -0.15) is 13.2 Å². The highest BCUT2D eigenvalue weighted by atomic mass is 19.4. The maximum Gasteiger partial charge on any atom is 0.433 e. The van der Waals surface area contributed by atoms with E-state index in [4.69, 9.17) is 0 Å². The molecular weight excluding hydrogens is 351 g/mol. The third-order valence-electron chi connectivity index (χ3n) is 3.54. The lowest BCUT2D eigenvalue weighted by molar-refractivity contribution is -0.141. The van der Waals surface area contributed by atoms with Gasteiger partial charge < -0.3 is 10.3 Å². The Morgan fingerprint density at radius 1 is 1.19 bits per heavy atom. The van der Waals surface area contributed by atoms with Crippen molar-refractivity contribution in [3.63, 3.8) is 0 Å². The van der Waals surface area contributed by atoms with Crippen LogP contribution >= 0.6 is 0 Å². The normalized spacial score (nSPS) is 11.5.